The lowest BCUT2D eigenvalue weighted by molar-refractivity contribution is 0.493. The fourth-order valence-electron chi connectivity index (χ4n) is 1.39. The van der Waals surface area contributed by atoms with Crippen molar-refractivity contribution in [2.45, 2.75) is 32.9 Å². The second-order valence-electron chi connectivity index (χ2n) is 3.79. The summed E-state index contributed by atoms with van der Waals surface area (Å²) >= 11 is 0. The van der Waals surface area contributed by atoms with Crippen LogP contribution in [-0.2, 0) is 4.43 Å². The molecule has 82 valence electrons. The molecule has 0 bridgehead atoms. The molecule has 0 aliphatic heterocycles. The molecule has 1 aromatic carbocycles. The smallest absolute Gasteiger partial charge is 0.234 e. The fraction of sp³-hybridized carbons (Fsp3) is 0.385. The Morgan fingerprint density at radius 1 is 1.13 bits per heavy atom. The van der Waals surface area contributed by atoms with Crippen molar-refractivity contribution in [1.82, 2.24) is 0 Å². The van der Waals surface area contributed by atoms with Crippen LogP contribution in [0.3, 0.4) is 0 Å². The van der Waals surface area contributed by atoms with Crippen LogP contribution in [0.25, 0.3) is 6.08 Å². The van der Waals surface area contributed by atoms with E-state index in [4.69, 9.17) is 4.43 Å². The maximum atomic E-state index is 5.73. The SMILES string of the molecule is CC[SiH](CC)OC=Cc1ccc(C)cc1. The molecule has 0 radical (unpaired) electrons. The van der Waals surface area contributed by atoms with Crippen molar-refractivity contribution in [3.05, 3.63) is 41.7 Å². The van der Waals surface area contributed by atoms with Gasteiger partial charge in [-0.2, -0.15) is 0 Å². The van der Waals surface area contributed by atoms with Crippen LogP contribution in [0, 0.1) is 6.92 Å². The van der Waals surface area contributed by atoms with Crippen molar-refractivity contribution in [2.75, 3.05) is 0 Å². The second kappa shape index (κ2) is 6.46. The molecule has 0 heterocycles. The molecule has 15 heavy (non-hydrogen) atoms. The van der Waals surface area contributed by atoms with Gasteiger partial charge in [0.1, 0.15) is 0 Å². The molecule has 0 N–H and O–H groups in total. The van der Waals surface area contributed by atoms with Gasteiger partial charge in [0.2, 0.25) is 9.04 Å². The zero-order chi connectivity index (χ0) is 11.1. The highest BCUT2D eigenvalue weighted by molar-refractivity contribution is 6.51. The summed E-state index contributed by atoms with van der Waals surface area (Å²) in [5.74, 6) is 0. The largest absolute Gasteiger partial charge is 0.552 e. The van der Waals surface area contributed by atoms with Gasteiger partial charge in [0, 0.05) is 0 Å². The average Bonchev–Trinajstić information content (AvgIpc) is 2.27. The Morgan fingerprint density at radius 2 is 1.73 bits per heavy atom. The standard InChI is InChI=1S/C13H20OSi/c1-4-15(5-2)14-11-10-13-8-6-12(3)7-9-13/h6-11,15H,4-5H2,1-3H3. The molecule has 0 spiro atoms. The Balaban J connectivity index is 2.47. The number of benzene rings is 1. The van der Waals surface area contributed by atoms with E-state index in [1.54, 1.807) is 0 Å². The first-order valence-electron chi connectivity index (χ1n) is 5.65. The Bertz CT molecular complexity index is 299. The van der Waals surface area contributed by atoms with Gasteiger partial charge in [0.15, 0.2) is 0 Å². The van der Waals surface area contributed by atoms with Gasteiger partial charge in [0.05, 0.1) is 6.26 Å². The topological polar surface area (TPSA) is 9.23 Å². The van der Waals surface area contributed by atoms with E-state index in [1.807, 2.05) is 12.3 Å². The van der Waals surface area contributed by atoms with E-state index in [9.17, 15) is 0 Å². The van der Waals surface area contributed by atoms with Gasteiger partial charge in [-0.1, -0.05) is 43.7 Å². The predicted octanol–water partition coefficient (Wildman–Crippen LogP) is 3.75. The molecular weight excluding hydrogens is 200 g/mol. The summed E-state index contributed by atoms with van der Waals surface area (Å²) in [6, 6.07) is 10.9. The zero-order valence-electron chi connectivity index (χ0n) is 9.86. The van der Waals surface area contributed by atoms with Crippen molar-refractivity contribution in [2.24, 2.45) is 0 Å². The lowest BCUT2D eigenvalue weighted by atomic mass is 10.1. The van der Waals surface area contributed by atoms with Gasteiger partial charge >= 0.3 is 0 Å². The minimum absolute atomic E-state index is 0.930. The van der Waals surface area contributed by atoms with Crippen molar-refractivity contribution in [1.29, 1.82) is 0 Å². The summed E-state index contributed by atoms with van der Waals surface area (Å²) < 4.78 is 5.73. The van der Waals surface area contributed by atoms with Gasteiger partial charge in [-0.25, -0.2) is 0 Å². The highest BCUT2D eigenvalue weighted by atomic mass is 28.3. The Kier molecular flexibility index (Phi) is 5.19. The van der Waals surface area contributed by atoms with Gasteiger partial charge in [-0.3, -0.25) is 0 Å². The summed E-state index contributed by atoms with van der Waals surface area (Å²) in [6.07, 6.45) is 3.92. The molecule has 0 saturated carbocycles. The quantitative estimate of drug-likeness (QED) is 0.542. The maximum Gasteiger partial charge on any atom is 0.234 e. The fourth-order valence-corrected chi connectivity index (χ4v) is 2.65. The zero-order valence-corrected chi connectivity index (χ0v) is 11.0. The van der Waals surface area contributed by atoms with Crippen LogP contribution in [0.15, 0.2) is 30.5 Å². The molecule has 0 aliphatic rings. The molecule has 1 nitrogen and oxygen atoms in total. The number of hydrogen-bond acceptors (Lipinski definition) is 1. The van der Waals surface area contributed by atoms with E-state index >= 15 is 0 Å². The van der Waals surface area contributed by atoms with Gasteiger partial charge in [-0.05, 0) is 30.7 Å². The van der Waals surface area contributed by atoms with Gasteiger partial charge < -0.3 is 4.43 Å². The molecule has 0 aliphatic carbocycles. The summed E-state index contributed by atoms with van der Waals surface area (Å²) in [7, 11) is -0.930. The first-order valence-corrected chi connectivity index (χ1v) is 7.75. The van der Waals surface area contributed by atoms with Crippen molar-refractivity contribution < 1.29 is 4.43 Å². The van der Waals surface area contributed by atoms with E-state index < -0.39 is 9.04 Å². The van der Waals surface area contributed by atoms with E-state index in [2.05, 4.69) is 45.0 Å². The normalized spacial score (nSPS) is 11.2. The molecule has 0 atom stereocenters. The Morgan fingerprint density at radius 3 is 2.27 bits per heavy atom. The minimum atomic E-state index is -0.930. The minimum Gasteiger partial charge on any atom is -0.552 e. The first-order chi connectivity index (χ1) is 7.26. The van der Waals surface area contributed by atoms with E-state index in [0.29, 0.717) is 0 Å². The van der Waals surface area contributed by atoms with Crippen LogP contribution in [0.1, 0.15) is 25.0 Å². The lowest BCUT2D eigenvalue weighted by Crippen LogP contribution is -2.10. The van der Waals surface area contributed by atoms with Crippen LogP contribution in [0.2, 0.25) is 12.1 Å². The third-order valence-corrected chi connectivity index (χ3v) is 4.88. The molecule has 0 aromatic heterocycles. The Hall–Kier alpha value is -1.02. The van der Waals surface area contributed by atoms with Crippen LogP contribution < -0.4 is 0 Å². The second-order valence-corrected chi connectivity index (χ2v) is 6.94. The Labute approximate surface area is 94.5 Å². The van der Waals surface area contributed by atoms with E-state index in [0.717, 1.165) is 0 Å². The third kappa shape index (κ3) is 4.34. The van der Waals surface area contributed by atoms with Crippen LogP contribution in [-0.4, -0.2) is 9.04 Å². The predicted molar refractivity (Wildman–Crippen MR) is 69.4 cm³/mol. The average molecular weight is 220 g/mol. The van der Waals surface area contributed by atoms with Gasteiger partial charge in [-0.15, -0.1) is 0 Å². The van der Waals surface area contributed by atoms with E-state index in [1.165, 1.54) is 23.2 Å². The molecular formula is C13H20OSi. The molecule has 1 aromatic rings. The molecule has 1 rings (SSSR count). The monoisotopic (exact) mass is 220 g/mol. The summed E-state index contributed by atoms with van der Waals surface area (Å²) in [4.78, 5) is 0. The number of aryl methyl sites for hydroxylation is 1. The van der Waals surface area contributed by atoms with Crippen molar-refractivity contribution in [3.8, 4) is 0 Å². The molecule has 2 heteroatoms. The third-order valence-electron chi connectivity index (χ3n) is 2.52. The lowest BCUT2D eigenvalue weighted by Gasteiger charge is -2.09. The molecule has 0 fully saturated rings. The maximum absolute atomic E-state index is 5.73. The van der Waals surface area contributed by atoms with Crippen LogP contribution in [0.4, 0.5) is 0 Å². The van der Waals surface area contributed by atoms with Crippen LogP contribution >= 0.6 is 0 Å². The molecule has 0 saturated heterocycles. The van der Waals surface area contributed by atoms with Crippen molar-refractivity contribution >= 4 is 15.1 Å². The molecule has 0 amide bonds. The molecule has 0 unspecified atom stereocenters. The first kappa shape index (κ1) is 12.0. The highest BCUT2D eigenvalue weighted by Crippen LogP contribution is 2.06. The van der Waals surface area contributed by atoms with Crippen LogP contribution in [0.5, 0.6) is 0 Å². The summed E-state index contributed by atoms with van der Waals surface area (Å²) in [5.41, 5.74) is 2.50. The van der Waals surface area contributed by atoms with E-state index in [-0.39, 0.29) is 0 Å². The number of hydrogen-bond donors (Lipinski definition) is 0. The highest BCUT2D eigenvalue weighted by Gasteiger charge is 2.03. The summed E-state index contributed by atoms with van der Waals surface area (Å²) in [5, 5.41) is 0. The van der Waals surface area contributed by atoms with Crippen molar-refractivity contribution in [3.63, 3.8) is 0 Å². The summed E-state index contributed by atoms with van der Waals surface area (Å²) in [6.45, 7) is 6.52. The van der Waals surface area contributed by atoms with Gasteiger partial charge in [0.25, 0.3) is 0 Å². The number of rotatable bonds is 5.